The van der Waals surface area contributed by atoms with Crippen LogP contribution in [0.2, 0.25) is 0 Å². The molecule has 0 bridgehead atoms. The monoisotopic (exact) mass is 173 g/mol. The minimum atomic E-state index is 0.141. The summed E-state index contributed by atoms with van der Waals surface area (Å²) in [6.07, 6.45) is 2.26. The number of rotatable bonds is 4. The fourth-order valence-electron chi connectivity index (χ4n) is 1.76. The highest BCUT2D eigenvalue weighted by molar-refractivity contribution is 4.82. The maximum absolute atomic E-state index is 6.04. The summed E-state index contributed by atoms with van der Waals surface area (Å²) in [6, 6.07) is 0.141. The molecule has 0 amide bonds. The van der Waals surface area contributed by atoms with E-state index in [2.05, 4.69) is 6.92 Å². The van der Waals surface area contributed by atoms with Crippen LogP contribution in [0.5, 0.6) is 0 Å². The molecule has 1 rings (SSSR count). The lowest BCUT2D eigenvalue weighted by molar-refractivity contribution is 0.0552. The Bertz CT molecular complexity index is 118. The number of nitrogens with two attached hydrogens (primary N) is 1. The highest BCUT2D eigenvalue weighted by atomic mass is 16.5. The molecule has 0 aromatic rings. The molecule has 1 aliphatic heterocycles. The van der Waals surface area contributed by atoms with Crippen molar-refractivity contribution in [2.24, 2.45) is 11.7 Å². The molecular formula is C9H19NO2. The van der Waals surface area contributed by atoms with Gasteiger partial charge < -0.3 is 15.2 Å². The van der Waals surface area contributed by atoms with Gasteiger partial charge in [0.15, 0.2) is 0 Å². The van der Waals surface area contributed by atoms with Gasteiger partial charge in [-0.2, -0.15) is 0 Å². The first kappa shape index (κ1) is 9.96. The Kier molecular flexibility index (Phi) is 3.98. The average Bonchev–Trinajstić information content (AvgIpc) is 2.58. The molecular weight excluding hydrogens is 154 g/mol. The lowest BCUT2D eigenvalue weighted by atomic mass is 9.94. The maximum Gasteiger partial charge on any atom is 0.0723 e. The Balaban J connectivity index is 2.37. The van der Waals surface area contributed by atoms with Crippen LogP contribution >= 0.6 is 0 Å². The van der Waals surface area contributed by atoms with Crippen molar-refractivity contribution < 1.29 is 9.47 Å². The van der Waals surface area contributed by atoms with E-state index in [4.69, 9.17) is 15.2 Å². The first-order valence-corrected chi connectivity index (χ1v) is 4.65. The fourth-order valence-corrected chi connectivity index (χ4v) is 1.76. The van der Waals surface area contributed by atoms with Crippen molar-refractivity contribution in [2.75, 3.05) is 20.3 Å². The van der Waals surface area contributed by atoms with E-state index in [9.17, 15) is 0 Å². The molecule has 0 aromatic heterocycles. The smallest absolute Gasteiger partial charge is 0.0723 e. The Morgan fingerprint density at radius 1 is 1.67 bits per heavy atom. The number of hydrogen-bond acceptors (Lipinski definition) is 3. The molecule has 3 heteroatoms. The van der Waals surface area contributed by atoms with Crippen LogP contribution in [0.15, 0.2) is 0 Å². The van der Waals surface area contributed by atoms with Crippen LogP contribution in [0.25, 0.3) is 0 Å². The molecule has 2 N–H and O–H groups in total. The van der Waals surface area contributed by atoms with Gasteiger partial charge in [0.2, 0.25) is 0 Å². The third-order valence-corrected chi connectivity index (χ3v) is 2.64. The highest BCUT2D eigenvalue weighted by Crippen LogP contribution is 2.19. The Morgan fingerprint density at radius 2 is 2.42 bits per heavy atom. The zero-order chi connectivity index (χ0) is 8.97. The topological polar surface area (TPSA) is 44.5 Å². The van der Waals surface area contributed by atoms with Gasteiger partial charge in [0, 0.05) is 25.7 Å². The zero-order valence-electron chi connectivity index (χ0n) is 7.95. The first-order chi connectivity index (χ1) is 5.79. The summed E-state index contributed by atoms with van der Waals surface area (Å²) in [6.45, 7) is 3.77. The van der Waals surface area contributed by atoms with E-state index >= 15 is 0 Å². The molecule has 0 radical (unpaired) electrons. The predicted molar refractivity (Wildman–Crippen MR) is 48.0 cm³/mol. The third kappa shape index (κ3) is 2.19. The van der Waals surface area contributed by atoms with Crippen LogP contribution in [-0.4, -0.2) is 32.5 Å². The largest absolute Gasteiger partial charge is 0.381 e. The highest BCUT2D eigenvalue weighted by Gasteiger charge is 2.28. The van der Waals surface area contributed by atoms with E-state index in [0.717, 1.165) is 26.1 Å². The van der Waals surface area contributed by atoms with Crippen LogP contribution in [-0.2, 0) is 9.47 Å². The molecule has 0 aliphatic carbocycles. The standard InChI is InChI=1S/C9H19NO2/c1-3-8(11-2)9(10)7-4-5-12-6-7/h7-9H,3-6,10H2,1-2H3. The minimum Gasteiger partial charge on any atom is -0.381 e. The third-order valence-electron chi connectivity index (χ3n) is 2.64. The van der Waals surface area contributed by atoms with E-state index in [1.54, 1.807) is 7.11 Å². The number of hydrogen-bond donors (Lipinski definition) is 1. The van der Waals surface area contributed by atoms with Crippen molar-refractivity contribution in [3.63, 3.8) is 0 Å². The summed E-state index contributed by atoms with van der Waals surface area (Å²) in [5.74, 6) is 0.495. The van der Waals surface area contributed by atoms with Crippen LogP contribution < -0.4 is 5.73 Å². The van der Waals surface area contributed by atoms with Gasteiger partial charge in [-0.15, -0.1) is 0 Å². The summed E-state index contributed by atoms with van der Waals surface area (Å²) >= 11 is 0. The van der Waals surface area contributed by atoms with Crippen LogP contribution in [0.3, 0.4) is 0 Å². The van der Waals surface area contributed by atoms with E-state index in [-0.39, 0.29) is 12.1 Å². The van der Waals surface area contributed by atoms with E-state index in [0.29, 0.717) is 5.92 Å². The van der Waals surface area contributed by atoms with Gasteiger partial charge in [-0.3, -0.25) is 0 Å². The van der Waals surface area contributed by atoms with Crippen LogP contribution in [0.4, 0.5) is 0 Å². The SMILES string of the molecule is CCC(OC)C(N)C1CCOC1. The summed E-state index contributed by atoms with van der Waals surface area (Å²) in [4.78, 5) is 0. The number of ether oxygens (including phenoxy) is 2. The Labute approximate surface area is 74.2 Å². The molecule has 1 aliphatic rings. The van der Waals surface area contributed by atoms with Crippen molar-refractivity contribution in [3.05, 3.63) is 0 Å². The van der Waals surface area contributed by atoms with Gasteiger partial charge in [-0.25, -0.2) is 0 Å². The Hall–Kier alpha value is -0.120. The lowest BCUT2D eigenvalue weighted by Crippen LogP contribution is -2.42. The van der Waals surface area contributed by atoms with Crippen molar-refractivity contribution in [1.82, 2.24) is 0 Å². The predicted octanol–water partition coefficient (Wildman–Crippen LogP) is 0.775. The van der Waals surface area contributed by atoms with Crippen molar-refractivity contribution >= 4 is 0 Å². The van der Waals surface area contributed by atoms with Gasteiger partial charge in [0.1, 0.15) is 0 Å². The van der Waals surface area contributed by atoms with E-state index in [1.165, 1.54) is 0 Å². The molecule has 1 fully saturated rings. The van der Waals surface area contributed by atoms with E-state index in [1.807, 2.05) is 0 Å². The summed E-state index contributed by atoms with van der Waals surface area (Å²) in [5.41, 5.74) is 6.04. The average molecular weight is 173 g/mol. The molecule has 0 aromatic carbocycles. The molecule has 12 heavy (non-hydrogen) atoms. The summed E-state index contributed by atoms with van der Waals surface area (Å²) < 4.78 is 10.6. The second-order valence-electron chi connectivity index (χ2n) is 3.38. The molecule has 0 spiro atoms. The van der Waals surface area contributed by atoms with Gasteiger partial charge in [-0.1, -0.05) is 6.92 Å². The van der Waals surface area contributed by atoms with Gasteiger partial charge >= 0.3 is 0 Å². The molecule has 1 heterocycles. The van der Waals surface area contributed by atoms with Crippen LogP contribution in [0.1, 0.15) is 19.8 Å². The quantitative estimate of drug-likeness (QED) is 0.683. The molecule has 3 atom stereocenters. The molecule has 0 saturated carbocycles. The summed E-state index contributed by atoms with van der Waals surface area (Å²) in [7, 11) is 1.73. The molecule has 3 nitrogen and oxygen atoms in total. The molecule has 1 saturated heterocycles. The second-order valence-corrected chi connectivity index (χ2v) is 3.38. The number of methoxy groups -OCH3 is 1. The minimum absolute atomic E-state index is 0.141. The van der Waals surface area contributed by atoms with E-state index < -0.39 is 0 Å². The van der Waals surface area contributed by atoms with Gasteiger partial charge in [0.25, 0.3) is 0 Å². The fraction of sp³-hybridized carbons (Fsp3) is 1.00. The maximum atomic E-state index is 6.04. The lowest BCUT2D eigenvalue weighted by Gasteiger charge is -2.25. The molecule has 72 valence electrons. The van der Waals surface area contributed by atoms with Crippen LogP contribution in [0, 0.1) is 5.92 Å². The Morgan fingerprint density at radius 3 is 2.83 bits per heavy atom. The summed E-state index contributed by atoms with van der Waals surface area (Å²) in [5, 5.41) is 0. The van der Waals surface area contributed by atoms with Gasteiger partial charge in [0.05, 0.1) is 12.7 Å². The first-order valence-electron chi connectivity index (χ1n) is 4.65. The van der Waals surface area contributed by atoms with Crippen molar-refractivity contribution in [2.45, 2.75) is 31.9 Å². The second kappa shape index (κ2) is 4.80. The molecule has 3 unspecified atom stereocenters. The zero-order valence-corrected chi connectivity index (χ0v) is 7.95. The van der Waals surface area contributed by atoms with Crippen molar-refractivity contribution in [3.8, 4) is 0 Å². The van der Waals surface area contributed by atoms with Crippen molar-refractivity contribution in [1.29, 1.82) is 0 Å². The van der Waals surface area contributed by atoms with Gasteiger partial charge in [-0.05, 0) is 12.8 Å². The normalized spacial score (nSPS) is 28.8.